The van der Waals surface area contributed by atoms with Gasteiger partial charge in [-0.25, -0.2) is 0 Å². The first-order valence-electron chi connectivity index (χ1n) is 14.5. The van der Waals surface area contributed by atoms with E-state index in [-0.39, 0.29) is 31.4 Å². The Morgan fingerprint density at radius 2 is 1.75 bits per heavy atom. The van der Waals surface area contributed by atoms with Crippen LogP contribution in [0.5, 0.6) is 0 Å². The Hall–Kier alpha value is -2.92. The van der Waals surface area contributed by atoms with Crippen molar-refractivity contribution in [2.45, 2.75) is 58.3 Å². The molecule has 226 valence electrons. The first kappa shape index (κ1) is 35.6. The van der Waals surface area contributed by atoms with E-state index >= 15 is 0 Å². The number of ether oxygens (including phenoxy) is 1. The van der Waals surface area contributed by atoms with E-state index < -0.39 is 17.9 Å². The molecule has 0 aliphatic rings. The summed E-state index contributed by atoms with van der Waals surface area (Å²) in [6.07, 6.45) is 4.73. The average molecular weight is 626 g/mol. The van der Waals surface area contributed by atoms with Crippen LogP contribution < -0.4 is 29.3 Å². The maximum Gasteiger partial charge on any atom is 1.00 e. The predicted molar refractivity (Wildman–Crippen MR) is 172 cm³/mol. The van der Waals surface area contributed by atoms with Crippen LogP contribution in [-0.2, 0) is 16.1 Å². The van der Waals surface area contributed by atoms with Gasteiger partial charge in [0.2, 0.25) is 0 Å². The van der Waals surface area contributed by atoms with Gasteiger partial charge < -0.3 is 24.4 Å². The molecule has 0 aliphatic heterocycles. The van der Waals surface area contributed by atoms with Crippen molar-refractivity contribution in [3.8, 4) is 22.5 Å². The van der Waals surface area contributed by atoms with Crippen molar-refractivity contribution in [2.75, 3.05) is 12.0 Å². The van der Waals surface area contributed by atoms with Gasteiger partial charge in [-0.3, -0.25) is 4.79 Å². The molecule has 1 aromatic heterocycles. The van der Waals surface area contributed by atoms with Crippen LogP contribution in [0.3, 0.4) is 0 Å². The molecule has 0 radical (unpaired) electrons. The molecule has 3 aromatic carbocycles. The van der Waals surface area contributed by atoms with Crippen LogP contribution >= 0.6 is 23.4 Å². The van der Waals surface area contributed by atoms with Gasteiger partial charge >= 0.3 is 18.9 Å². The molecule has 1 unspecified atom stereocenters. The van der Waals surface area contributed by atoms with Crippen LogP contribution in [-0.4, -0.2) is 29.9 Å². The number of hydrogen-bond acceptors (Lipinski definition) is 6. The summed E-state index contributed by atoms with van der Waals surface area (Å²) in [5, 5.41) is 15.0. The largest absolute Gasteiger partial charge is 1.00 e. The Labute approximate surface area is 281 Å². The SMILES string of the molecule is CCCCC(OCc1ccc(C(=O)N[C@@H](CCSC)C(=O)[O-])c(-c2ccccc2C)c1)c1ccc(-c2ccc(Cl)cc2)o1.[Li+]. The van der Waals surface area contributed by atoms with E-state index in [4.69, 9.17) is 20.8 Å². The number of benzene rings is 3. The summed E-state index contributed by atoms with van der Waals surface area (Å²) in [6, 6.07) is 23.7. The quantitative estimate of drug-likeness (QED) is 0.194. The average Bonchev–Trinajstić information content (AvgIpc) is 3.49. The summed E-state index contributed by atoms with van der Waals surface area (Å²) in [4.78, 5) is 25.1. The van der Waals surface area contributed by atoms with E-state index in [0.29, 0.717) is 28.5 Å². The number of carbonyl (C=O) groups is 2. The molecule has 0 fully saturated rings. The zero-order valence-electron chi connectivity index (χ0n) is 25.7. The number of thioether (sulfide) groups is 1. The van der Waals surface area contributed by atoms with Crippen molar-refractivity contribution in [3.63, 3.8) is 0 Å². The van der Waals surface area contributed by atoms with Crippen molar-refractivity contribution in [2.24, 2.45) is 0 Å². The van der Waals surface area contributed by atoms with E-state index in [1.54, 1.807) is 6.07 Å². The molecule has 4 aromatic rings. The molecular weight excluding hydrogens is 589 g/mol. The molecule has 0 spiro atoms. The number of amides is 1. The molecule has 9 heteroatoms. The molecule has 4 rings (SSSR count). The first-order chi connectivity index (χ1) is 20.8. The normalized spacial score (nSPS) is 12.3. The second-order valence-electron chi connectivity index (χ2n) is 10.5. The maximum absolute atomic E-state index is 13.4. The Balaban J connectivity index is 0.00000529. The van der Waals surface area contributed by atoms with Crippen LogP contribution in [0, 0.1) is 6.92 Å². The number of carbonyl (C=O) groups excluding carboxylic acids is 2. The number of nitrogens with one attached hydrogen (secondary N) is 1. The molecule has 1 N–H and O–H groups in total. The van der Waals surface area contributed by atoms with Gasteiger partial charge in [0.05, 0.1) is 18.6 Å². The van der Waals surface area contributed by atoms with E-state index in [1.165, 1.54) is 11.8 Å². The summed E-state index contributed by atoms with van der Waals surface area (Å²) in [5.74, 6) is 0.358. The van der Waals surface area contributed by atoms with Gasteiger partial charge in [0.25, 0.3) is 5.91 Å². The van der Waals surface area contributed by atoms with Gasteiger partial charge in [-0.15, -0.1) is 0 Å². The van der Waals surface area contributed by atoms with Crippen LogP contribution in [0.15, 0.2) is 83.3 Å². The first-order valence-corrected chi connectivity index (χ1v) is 16.2. The van der Waals surface area contributed by atoms with Gasteiger partial charge in [-0.1, -0.05) is 61.7 Å². The van der Waals surface area contributed by atoms with Crippen LogP contribution in [0.4, 0.5) is 0 Å². The standard InChI is InChI=1S/C35H38ClNO5S.Li/c1-4-5-10-32(33-18-17-31(42-33)25-12-14-26(36)15-13-25)41-22-24-11-16-28(29(21-24)27-9-7-6-8-23(27)2)34(38)37-30(35(39)40)19-20-43-3;/h6-9,11-18,21,30,32H,4-5,10,19-20,22H2,1-3H3,(H,37,38)(H,39,40);/q;+1/p-1/t30-,32?;/m0./s1. The van der Waals surface area contributed by atoms with Gasteiger partial charge in [-0.2, -0.15) is 11.8 Å². The van der Waals surface area contributed by atoms with Gasteiger partial charge in [0.15, 0.2) is 0 Å². The predicted octanol–water partition coefficient (Wildman–Crippen LogP) is 4.63. The fraction of sp³-hybridized carbons (Fsp3) is 0.314. The molecular formula is C35H37ClLiNO5S. The number of carboxylic acid groups (broad SMARTS) is 1. The fourth-order valence-corrected chi connectivity index (χ4v) is 5.48. The number of rotatable bonds is 15. The number of aliphatic carboxylic acids is 1. The zero-order valence-corrected chi connectivity index (χ0v) is 27.3. The van der Waals surface area contributed by atoms with Crippen molar-refractivity contribution in [1.82, 2.24) is 5.32 Å². The number of aryl methyl sites for hydroxylation is 1. The molecule has 1 amide bonds. The fourth-order valence-electron chi connectivity index (χ4n) is 4.89. The van der Waals surface area contributed by atoms with Crippen molar-refractivity contribution < 1.29 is 42.7 Å². The maximum atomic E-state index is 13.4. The number of furan rings is 1. The third kappa shape index (κ3) is 9.54. The van der Waals surface area contributed by atoms with Gasteiger partial charge in [-0.05, 0) is 103 Å². The van der Waals surface area contributed by atoms with Crippen LogP contribution in [0.2, 0.25) is 5.02 Å². The Kier molecular flexibility index (Phi) is 14.2. The number of halogens is 1. The van der Waals surface area contributed by atoms with Gasteiger partial charge in [0.1, 0.15) is 17.6 Å². The molecule has 6 nitrogen and oxygen atoms in total. The Morgan fingerprint density at radius 1 is 1.00 bits per heavy atom. The smallest absolute Gasteiger partial charge is 0.548 e. The van der Waals surface area contributed by atoms with Crippen LogP contribution in [0.1, 0.15) is 66.0 Å². The summed E-state index contributed by atoms with van der Waals surface area (Å²) in [6.45, 7) is 4.43. The number of hydrogen-bond donors (Lipinski definition) is 1. The molecule has 0 aliphatic carbocycles. The molecule has 0 saturated heterocycles. The Morgan fingerprint density at radius 3 is 2.43 bits per heavy atom. The van der Waals surface area contributed by atoms with E-state index in [2.05, 4.69) is 12.2 Å². The summed E-state index contributed by atoms with van der Waals surface area (Å²) in [5.41, 5.74) is 4.83. The minimum absolute atomic E-state index is 0. The Bertz CT molecular complexity index is 1520. The second-order valence-corrected chi connectivity index (χ2v) is 11.9. The molecule has 2 atom stereocenters. The van der Waals surface area contributed by atoms with Crippen molar-refractivity contribution in [1.29, 1.82) is 0 Å². The van der Waals surface area contributed by atoms with Crippen LogP contribution in [0.25, 0.3) is 22.5 Å². The summed E-state index contributed by atoms with van der Waals surface area (Å²) >= 11 is 7.57. The molecule has 0 saturated carbocycles. The van der Waals surface area contributed by atoms with E-state index in [0.717, 1.165) is 53.0 Å². The molecule has 44 heavy (non-hydrogen) atoms. The van der Waals surface area contributed by atoms with Crippen molar-refractivity contribution >= 4 is 35.2 Å². The third-order valence-corrected chi connectivity index (χ3v) is 8.20. The summed E-state index contributed by atoms with van der Waals surface area (Å²) in [7, 11) is 0. The molecule has 0 bridgehead atoms. The van der Waals surface area contributed by atoms with E-state index in [9.17, 15) is 14.7 Å². The zero-order chi connectivity index (χ0) is 30.8. The van der Waals surface area contributed by atoms with E-state index in [1.807, 2.05) is 86.0 Å². The minimum Gasteiger partial charge on any atom is -0.548 e. The summed E-state index contributed by atoms with van der Waals surface area (Å²) < 4.78 is 12.7. The van der Waals surface area contributed by atoms with Gasteiger partial charge in [0, 0.05) is 16.1 Å². The monoisotopic (exact) mass is 625 g/mol. The van der Waals surface area contributed by atoms with Crippen molar-refractivity contribution in [3.05, 3.63) is 106 Å². The molecule has 1 heterocycles. The third-order valence-electron chi connectivity index (χ3n) is 7.31. The minimum atomic E-state index is -1.29. The second kappa shape index (κ2) is 17.5. The number of carboxylic acids is 1. The number of unbranched alkanes of at least 4 members (excludes halogenated alkanes) is 1. The topological polar surface area (TPSA) is 91.6 Å².